The average molecular weight is 251 g/mol. The van der Waals surface area contributed by atoms with Crippen molar-refractivity contribution in [2.24, 2.45) is 5.73 Å². The molecule has 0 aliphatic heterocycles. The Hall–Kier alpha value is 0.283. The van der Waals surface area contributed by atoms with Crippen LogP contribution >= 0.6 is 0 Å². The zero-order valence-corrected chi connectivity index (χ0v) is 10.2. The van der Waals surface area contributed by atoms with Gasteiger partial charge in [-0.2, -0.15) is 0 Å². The zero-order chi connectivity index (χ0) is 6.69. The summed E-state index contributed by atoms with van der Waals surface area (Å²) in [4.78, 5) is 0. The van der Waals surface area contributed by atoms with Gasteiger partial charge in [0.15, 0.2) is 0 Å². The minimum atomic E-state index is 0. The van der Waals surface area contributed by atoms with Crippen LogP contribution in [0.4, 0.5) is 0 Å². The summed E-state index contributed by atoms with van der Waals surface area (Å²) >= 11 is 1.23. The standard InChI is InChI=1S/C7H8N.BrH.Zn/c8-6-7-4-2-1-3-5-7;;/h2-5H,6,8H2;1H;/q;;+1/p-1. The van der Waals surface area contributed by atoms with Crippen molar-refractivity contribution in [1.29, 1.82) is 0 Å². The molecule has 0 radical (unpaired) electrons. The first-order valence-electron chi connectivity index (χ1n) is 2.94. The predicted molar refractivity (Wildman–Crippen MR) is 34.0 cm³/mol. The first-order chi connectivity index (χ1) is 4.33. The SMILES string of the molecule is NCc1cc[c]([Zn+])cc1.[Br-]. The first kappa shape index (κ1) is 10.3. The molecule has 1 aromatic rings. The van der Waals surface area contributed by atoms with E-state index in [1.807, 2.05) is 0 Å². The van der Waals surface area contributed by atoms with Crippen molar-refractivity contribution in [3.05, 3.63) is 29.8 Å². The van der Waals surface area contributed by atoms with Crippen LogP contribution in [0.25, 0.3) is 0 Å². The smallest absolute Gasteiger partial charge is 1.00 e. The second-order valence-corrected chi connectivity index (χ2v) is 3.73. The van der Waals surface area contributed by atoms with Crippen molar-refractivity contribution in [2.75, 3.05) is 0 Å². The molecule has 3 heteroatoms. The molecule has 0 unspecified atom stereocenters. The summed E-state index contributed by atoms with van der Waals surface area (Å²) in [6.45, 7) is 0.653. The van der Waals surface area contributed by atoms with Gasteiger partial charge in [-0.25, -0.2) is 0 Å². The van der Waals surface area contributed by atoms with E-state index in [9.17, 15) is 0 Å². The summed E-state index contributed by atoms with van der Waals surface area (Å²) in [7, 11) is 0. The van der Waals surface area contributed by atoms with Crippen LogP contribution in [0.1, 0.15) is 5.56 Å². The third-order valence-electron chi connectivity index (χ3n) is 1.26. The number of hydrogen-bond donors (Lipinski definition) is 1. The molecule has 0 aliphatic rings. The van der Waals surface area contributed by atoms with Crippen LogP contribution in [0.15, 0.2) is 24.3 Å². The van der Waals surface area contributed by atoms with Gasteiger partial charge in [0.25, 0.3) is 0 Å². The Morgan fingerprint density at radius 1 is 1.20 bits per heavy atom. The number of benzene rings is 1. The zero-order valence-electron chi connectivity index (χ0n) is 5.68. The molecule has 0 aliphatic carbocycles. The molecule has 0 bridgehead atoms. The van der Waals surface area contributed by atoms with Gasteiger partial charge in [-0.05, 0) is 0 Å². The van der Waals surface area contributed by atoms with Gasteiger partial charge in [0.05, 0.1) is 0 Å². The molecule has 0 saturated carbocycles. The maximum atomic E-state index is 5.41. The quantitative estimate of drug-likeness (QED) is 0.541. The second kappa shape index (κ2) is 5.00. The number of hydrogen-bond acceptors (Lipinski definition) is 1. The fourth-order valence-corrected chi connectivity index (χ4v) is 1.17. The van der Waals surface area contributed by atoms with Crippen molar-refractivity contribution in [2.45, 2.75) is 6.54 Å². The molecule has 0 heterocycles. The van der Waals surface area contributed by atoms with E-state index in [4.69, 9.17) is 5.73 Å². The molecule has 0 spiro atoms. The first-order valence-corrected chi connectivity index (χ1v) is 4.42. The van der Waals surface area contributed by atoms with Gasteiger partial charge in [0, 0.05) is 0 Å². The molecular weight excluding hydrogens is 243 g/mol. The minimum absolute atomic E-state index is 0. The van der Waals surface area contributed by atoms with Crippen LogP contribution < -0.4 is 26.9 Å². The van der Waals surface area contributed by atoms with Crippen molar-refractivity contribution >= 4 is 4.16 Å². The molecule has 0 saturated heterocycles. The molecular formula is C7H8BrNZn. The Morgan fingerprint density at radius 2 is 1.70 bits per heavy atom. The van der Waals surface area contributed by atoms with Crippen molar-refractivity contribution in [3.63, 3.8) is 0 Å². The summed E-state index contributed by atoms with van der Waals surface area (Å²) < 4.78 is 1.41. The van der Waals surface area contributed by atoms with E-state index in [2.05, 4.69) is 24.3 Å². The normalized spacial score (nSPS) is 8.70. The van der Waals surface area contributed by atoms with Crippen LogP contribution in [0, 0.1) is 0 Å². The van der Waals surface area contributed by atoms with Gasteiger partial charge in [0.2, 0.25) is 0 Å². The van der Waals surface area contributed by atoms with E-state index in [0.717, 1.165) is 0 Å². The Balaban J connectivity index is 0.000000810. The van der Waals surface area contributed by atoms with E-state index in [-0.39, 0.29) is 17.0 Å². The van der Waals surface area contributed by atoms with E-state index >= 15 is 0 Å². The molecule has 1 aromatic carbocycles. The van der Waals surface area contributed by atoms with Crippen LogP contribution in [-0.4, -0.2) is 0 Å². The number of nitrogens with two attached hydrogens (primary N) is 1. The molecule has 2 N–H and O–H groups in total. The van der Waals surface area contributed by atoms with Crippen LogP contribution in [0.2, 0.25) is 0 Å². The van der Waals surface area contributed by atoms with Gasteiger partial charge < -0.3 is 17.0 Å². The fourth-order valence-electron chi connectivity index (χ4n) is 0.675. The average Bonchev–Trinajstić information content (AvgIpc) is 1.90. The van der Waals surface area contributed by atoms with Crippen molar-refractivity contribution in [1.82, 2.24) is 0 Å². The van der Waals surface area contributed by atoms with Gasteiger partial charge in [0.1, 0.15) is 0 Å². The molecule has 0 amide bonds. The van der Waals surface area contributed by atoms with Crippen molar-refractivity contribution < 1.29 is 35.3 Å². The van der Waals surface area contributed by atoms with E-state index < -0.39 is 0 Å². The topological polar surface area (TPSA) is 26.0 Å². The summed E-state index contributed by atoms with van der Waals surface area (Å²) in [6.07, 6.45) is 0. The van der Waals surface area contributed by atoms with Gasteiger partial charge in [-0.1, -0.05) is 0 Å². The summed E-state index contributed by atoms with van der Waals surface area (Å²) in [5, 5.41) is 0. The van der Waals surface area contributed by atoms with Crippen molar-refractivity contribution in [3.8, 4) is 0 Å². The monoisotopic (exact) mass is 249 g/mol. The molecule has 0 aromatic heterocycles. The molecule has 1 nitrogen and oxygen atoms in total. The number of halogens is 1. The fraction of sp³-hybridized carbons (Fsp3) is 0.143. The minimum Gasteiger partial charge on any atom is -1.00 e. The van der Waals surface area contributed by atoms with E-state index in [0.29, 0.717) is 6.54 Å². The third kappa shape index (κ3) is 2.91. The largest absolute Gasteiger partial charge is 1.00 e. The molecule has 1 rings (SSSR count). The molecule has 0 fully saturated rings. The Bertz CT molecular complexity index is 185. The van der Waals surface area contributed by atoms with Crippen LogP contribution in [0.3, 0.4) is 0 Å². The Morgan fingerprint density at radius 3 is 2.10 bits per heavy atom. The Kier molecular flexibility index (Phi) is 5.14. The summed E-state index contributed by atoms with van der Waals surface area (Å²) in [5.41, 5.74) is 6.63. The third-order valence-corrected chi connectivity index (χ3v) is 2.25. The molecule has 10 heavy (non-hydrogen) atoms. The Labute approximate surface area is 81.4 Å². The molecule has 0 atom stereocenters. The molecule has 50 valence electrons. The van der Waals surface area contributed by atoms with Gasteiger partial charge in [-0.3, -0.25) is 0 Å². The van der Waals surface area contributed by atoms with Crippen LogP contribution in [-0.2, 0) is 24.8 Å². The van der Waals surface area contributed by atoms with Crippen LogP contribution in [0.5, 0.6) is 0 Å². The van der Waals surface area contributed by atoms with E-state index in [1.54, 1.807) is 0 Å². The maximum absolute atomic E-state index is 5.41. The summed E-state index contributed by atoms with van der Waals surface area (Å²) in [5.74, 6) is 0. The predicted octanol–water partition coefficient (Wildman–Crippen LogP) is -2.68. The maximum Gasteiger partial charge on any atom is -1.00 e. The van der Waals surface area contributed by atoms with Gasteiger partial charge >= 0.3 is 64.6 Å². The second-order valence-electron chi connectivity index (χ2n) is 2.02. The van der Waals surface area contributed by atoms with E-state index in [1.165, 1.54) is 28.0 Å². The van der Waals surface area contributed by atoms with Gasteiger partial charge in [-0.15, -0.1) is 0 Å². The summed E-state index contributed by atoms with van der Waals surface area (Å²) in [6, 6.07) is 8.42. The number of rotatable bonds is 1.